The average molecular weight is 278 g/mol. The topological polar surface area (TPSA) is 44.1 Å². The first-order valence-corrected chi connectivity index (χ1v) is 7.20. The lowest BCUT2D eigenvalue weighted by molar-refractivity contribution is 0.0720. The van der Waals surface area contributed by atoms with Gasteiger partial charge in [-0.05, 0) is 39.7 Å². The summed E-state index contributed by atoms with van der Waals surface area (Å²) >= 11 is 0. The Morgan fingerprint density at radius 3 is 2.45 bits per heavy atom. The summed E-state index contributed by atoms with van der Waals surface area (Å²) in [7, 11) is 0. The van der Waals surface area contributed by atoms with Gasteiger partial charge >= 0.3 is 0 Å². The first-order chi connectivity index (χ1) is 9.32. The molecule has 0 bridgehead atoms. The van der Waals surface area contributed by atoms with Gasteiger partial charge in [0.15, 0.2) is 0 Å². The van der Waals surface area contributed by atoms with Crippen molar-refractivity contribution in [2.45, 2.75) is 54.2 Å². The minimum atomic E-state index is -0.146. The minimum Gasteiger partial charge on any atom is -0.377 e. The second-order valence-corrected chi connectivity index (χ2v) is 5.65. The Bertz CT molecular complexity index is 528. The van der Waals surface area contributed by atoms with Crippen LogP contribution in [-0.4, -0.2) is 22.3 Å². The molecular formula is C16H26N2O2. The average Bonchev–Trinajstić information content (AvgIpc) is 2.34. The first kappa shape index (κ1) is 16.6. The lowest BCUT2D eigenvalue weighted by atomic mass is 10.1. The number of rotatable bonds is 6. The number of allylic oxidation sites excluding steroid dienone is 1. The van der Waals surface area contributed by atoms with Crippen LogP contribution in [0.4, 0.5) is 0 Å². The Hall–Kier alpha value is -1.42. The molecule has 0 atom stereocenters. The molecule has 112 valence electrons. The highest BCUT2D eigenvalue weighted by atomic mass is 16.5. The predicted molar refractivity (Wildman–Crippen MR) is 82.9 cm³/mol. The Morgan fingerprint density at radius 2 is 1.90 bits per heavy atom. The fourth-order valence-electron chi connectivity index (χ4n) is 1.94. The van der Waals surface area contributed by atoms with Crippen LogP contribution in [-0.2, 0) is 11.3 Å². The molecule has 4 nitrogen and oxygen atoms in total. The SMILES string of the molecule is Cc1c(/C=C\C(C)C)n(CCOC(C)C)c(C)nc1=O. The normalized spacial score (nSPS) is 12.0. The van der Waals surface area contributed by atoms with Crippen LogP contribution in [0.25, 0.3) is 6.08 Å². The van der Waals surface area contributed by atoms with Crippen LogP contribution in [0.3, 0.4) is 0 Å². The number of hydrogen-bond acceptors (Lipinski definition) is 3. The molecule has 1 rings (SSSR count). The number of aromatic nitrogens is 2. The van der Waals surface area contributed by atoms with Gasteiger partial charge < -0.3 is 9.30 Å². The number of hydrogen-bond donors (Lipinski definition) is 0. The second-order valence-electron chi connectivity index (χ2n) is 5.65. The van der Waals surface area contributed by atoms with Crippen molar-refractivity contribution in [3.05, 3.63) is 33.5 Å². The standard InChI is InChI=1S/C16H26N2O2/c1-11(2)7-8-15-13(5)16(19)17-14(6)18(15)9-10-20-12(3)4/h7-8,11-12H,9-10H2,1-6H3/b8-7-. The highest BCUT2D eigenvalue weighted by Gasteiger charge is 2.10. The molecule has 0 amide bonds. The van der Waals surface area contributed by atoms with Crippen molar-refractivity contribution in [3.63, 3.8) is 0 Å². The third-order valence-electron chi connectivity index (χ3n) is 3.05. The molecule has 0 aliphatic rings. The molecule has 0 saturated carbocycles. The van der Waals surface area contributed by atoms with Crippen molar-refractivity contribution in [1.82, 2.24) is 9.55 Å². The maximum absolute atomic E-state index is 11.8. The Morgan fingerprint density at radius 1 is 1.25 bits per heavy atom. The highest BCUT2D eigenvalue weighted by molar-refractivity contribution is 5.49. The van der Waals surface area contributed by atoms with Gasteiger partial charge in [-0.25, -0.2) is 0 Å². The molecule has 0 aliphatic carbocycles. The van der Waals surface area contributed by atoms with Gasteiger partial charge in [-0.1, -0.05) is 19.9 Å². The smallest absolute Gasteiger partial charge is 0.276 e. The summed E-state index contributed by atoms with van der Waals surface area (Å²) in [4.78, 5) is 15.9. The molecule has 1 heterocycles. The zero-order valence-corrected chi connectivity index (χ0v) is 13.4. The van der Waals surface area contributed by atoms with Gasteiger partial charge in [0.05, 0.1) is 18.4 Å². The van der Waals surface area contributed by atoms with Crippen molar-refractivity contribution in [2.24, 2.45) is 5.92 Å². The number of ether oxygens (including phenoxy) is 1. The molecule has 0 aromatic carbocycles. The third-order valence-corrected chi connectivity index (χ3v) is 3.05. The van der Waals surface area contributed by atoms with E-state index in [-0.39, 0.29) is 11.7 Å². The molecule has 0 radical (unpaired) electrons. The van der Waals surface area contributed by atoms with Crippen LogP contribution < -0.4 is 5.56 Å². The van der Waals surface area contributed by atoms with Crippen LogP contribution in [0.15, 0.2) is 10.9 Å². The highest BCUT2D eigenvalue weighted by Crippen LogP contribution is 2.10. The molecule has 4 heteroatoms. The van der Waals surface area contributed by atoms with Crippen molar-refractivity contribution >= 4 is 6.08 Å². The fourth-order valence-corrected chi connectivity index (χ4v) is 1.94. The fraction of sp³-hybridized carbons (Fsp3) is 0.625. The Balaban J connectivity index is 3.13. The molecule has 0 spiro atoms. The largest absolute Gasteiger partial charge is 0.377 e. The Labute approximate surface area is 121 Å². The van der Waals surface area contributed by atoms with Gasteiger partial charge in [0.2, 0.25) is 0 Å². The second kappa shape index (κ2) is 7.39. The van der Waals surface area contributed by atoms with Crippen LogP contribution >= 0.6 is 0 Å². The molecule has 0 saturated heterocycles. The van der Waals surface area contributed by atoms with E-state index in [4.69, 9.17) is 4.74 Å². The predicted octanol–water partition coefficient (Wildman–Crippen LogP) is 2.95. The van der Waals surface area contributed by atoms with E-state index in [9.17, 15) is 4.79 Å². The van der Waals surface area contributed by atoms with Gasteiger partial charge in [-0.15, -0.1) is 0 Å². The van der Waals surface area contributed by atoms with Crippen LogP contribution in [0.5, 0.6) is 0 Å². The molecule has 0 unspecified atom stereocenters. The molecule has 0 fully saturated rings. The van der Waals surface area contributed by atoms with Gasteiger partial charge in [-0.2, -0.15) is 4.98 Å². The quantitative estimate of drug-likeness (QED) is 0.803. The van der Waals surface area contributed by atoms with E-state index >= 15 is 0 Å². The van der Waals surface area contributed by atoms with E-state index in [0.29, 0.717) is 24.6 Å². The van der Waals surface area contributed by atoms with Crippen molar-refractivity contribution in [1.29, 1.82) is 0 Å². The summed E-state index contributed by atoms with van der Waals surface area (Å²) < 4.78 is 7.65. The summed E-state index contributed by atoms with van der Waals surface area (Å²) in [5.74, 6) is 1.18. The molecular weight excluding hydrogens is 252 g/mol. The van der Waals surface area contributed by atoms with Crippen molar-refractivity contribution in [2.75, 3.05) is 6.61 Å². The zero-order chi connectivity index (χ0) is 15.3. The van der Waals surface area contributed by atoms with Gasteiger partial charge in [0.1, 0.15) is 5.82 Å². The van der Waals surface area contributed by atoms with E-state index in [1.54, 1.807) is 0 Å². The third kappa shape index (κ3) is 4.60. The summed E-state index contributed by atoms with van der Waals surface area (Å²) in [6.45, 7) is 13.3. The Kier molecular flexibility index (Phi) is 6.14. The van der Waals surface area contributed by atoms with Crippen LogP contribution in [0, 0.1) is 19.8 Å². The van der Waals surface area contributed by atoms with E-state index in [1.165, 1.54) is 0 Å². The van der Waals surface area contributed by atoms with Gasteiger partial charge in [0.25, 0.3) is 5.56 Å². The van der Waals surface area contributed by atoms with E-state index in [0.717, 1.165) is 11.5 Å². The lowest BCUT2D eigenvalue weighted by Gasteiger charge is -2.17. The number of aryl methyl sites for hydroxylation is 1. The van der Waals surface area contributed by atoms with Crippen molar-refractivity contribution in [3.8, 4) is 0 Å². The van der Waals surface area contributed by atoms with E-state index in [2.05, 4.69) is 29.5 Å². The first-order valence-electron chi connectivity index (χ1n) is 7.20. The van der Waals surface area contributed by atoms with Gasteiger partial charge in [0, 0.05) is 12.1 Å². The van der Waals surface area contributed by atoms with E-state index in [1.807, 2.05) is 33.8 Å². The maximum Gasteiger partial charge on any atom is 0.276 e. The summed E-state index contributed by atoms with van der Waals surface area (Å²) in [5.41, 5.74) is 1.48. The number of nitrogens with zero attached hydrogens (tertiary/aromatic N) is 2. The molecule has 1 aromatic rings. The zero-order valence-electron chi connectivity index (χ0n) is 13.4. The summed E-state index contributed by atoms with van der Waals surface area (Å²) in [6.07, 6.45) is 4.32. The summed E-state index contributed by atoms with van der Waals surface area (Å²) in [5, 5.41) is 0. The van der Waals surface area contributed by atoms with Crippen LogP contribution in [0.1, 0.15) is 44.8 Å². The monoisotopic (exact) mass is 278 g/mol. The van der Waals surface area contributed by atoms with Gasteiger partial charge in [-0.3, -0.25) is 4.79 Å². The minimum absolute atomic E-state index is 0.146. The molecule has 1 aromatic heterocycles. The molecule has 0 aliphatic heterocycles. The van der Waals surface area contributed by atoms with Crippen molar-refractivity contribution < 1.29 is 4.74 Å². The summed E-state index contributed by atoms with van der Waals surface area (Å²) in [6, 6.07) is 0. The molecule has 0 N–H and O–H groups in total. The maximum atomic E-state index is 11.8. The lowest BCUT2D eigenvalue weighted by Crippen LogP contribution is -2.23. The van der Waals surface area contributed by atoms with Crippen LogP contribution in [0.2, 0.25) is 0 Å². The molecule has 20 heavy (non-hydrogen) atoms. The van der Waals surface area contributed by atoms with E-state index < -0.39 is 0 Å².